The van der Waals surface area contributed by atoms with Gasteiger partial charge in [-0.05, 0) is 6.07 Å². The highest BCUT2D eigenvalue weighted by Gasteiger charge is 2.12. The molecule has 0 aliphatic carbocycles. The molecule has 0 spiro atoms. The molecule has 5 nitrogen and oxygen atoms in total. The first-order valence-electron chi connectivity index (χ1n) is 3.74. The van der Waals surface area contributed by atoms with Crippen molar-refractivity contribution < 1.29 is 4.39 Å². The third-order valence-electron chi connectivity index (χ3n) is 1.57. The van der Waals surface area contributed by atoms with Gasteiger partial charge in [-0.15, -0.1) is 0 Å². The van der Waals surface area contributed by atoms with E-state index in [1.165, 1.54) is 12.4 Å². The molecule has 0 saturated heterocycles. The zero-order valence-corrected chi connectivity index (χ0v) is 6.92. The van der Waals surface area contributed by atoms with Crippen molar-refractivity contribution in [3.8, 4) is 12.0 Å². The van der Waals surface area contributed by atoms with E-state index in [1.54, 1.807) is 12.1 Å². The lowest BCUT2D eigenvalue weighted by Crippen LogP contribution is -2.04. The van der Waals surface area contributed by atoms with E-state index in [0.29, 0.717) is 0 Å². The summed E-state index contributed by atoms with van der Waals surface area (Å²) in [4.78, 5) is 7.59. The number of rotatable bonds is 1. The van der Waals surface area contributed by atoms with Crippen molar-refractivity contribution in [2.45, 2.75) is 0 Å². The Morgan fingerprint density at radius 3 is 2.64 bits per heavy atom. The van der Waals surface area contributed by atoms with E-state index in [0.717, 1.165) is 10.9 Å². The van der Waals surface area contributed by atoms with Crippen LogP contribution in [-0.4, -0.2) is 19.7 Å². The minimum absolute atomic E-state index is 0.103. The summed E-state index contributed by atoms with van der Waals surface area (Å²) in [6.45, 7) is 0. The molecular weight excluding hydrogens is 185 g/mol. The second-order valence-electron chi connectivity index (χ2n) is 2.42. The fraction of sp³-hybridized carbons (Fsp3) is 0. The number of nitrogens with zero attached hydrogens (tertiary/aromatic N) is 5. The Labute approximate surface area is 78.5 Å². The van der Waals surface area contributed by atoms with E-state index in [1.807, 2.05) is 0 Å². The molecule has 68 valence electrons. The van der Waals surface area contributed by atoms with Gasteiger partial charge < -0.3 is 0 Å². The van der Waals surface area contributed by atoms with Gasteiger partial charge in [-0.3, -0.25) is 0 Å². The molecule has 0 amide bonds. The van der Waals surface area contributed by atoms with Crippen LogP contribution in [0, 0.1) is 17.3 Å². The summed E-state index contributed by atoms with van der Waals surface area (Å²) >= 11 is 0. The van der Waals surface area contributed by atoms with Gasteiger partial charge in [0.1, 0.15) is 11.6 Å². The zero-order valence-electron chi connectivity index (χ0n) is 6.92. The summed E-state index contributed by atoms with van der Waals surface area (Å²) in [6, 6.07) is 3.28. The first-order valence-corrected chi connectivity index (χ1v) is 3.74. The summed E-state index contributed by atoms with van der Waals surface area (Å²) in [5.74, 6) is -0.648. The van der Waals surface area contributed by atoms with Crippen LogP contribution in [0.4, 0.5) is 4.39 Å². The van der Waals surface area contributed by atoms with Gasteiger partial charge in [-0.2, -0.15) is 19.4 Å². The largest absolute Gasteiger partial charge is 0.253 e. The Bertz CT molecular complexity index is 484. The van der Waals surface area contributed by atoms with Crippen LogP contribution in [0.5, 0.6) is 0 Å². The van der Waals surface area contributed by atoms with Crippen LogP contribution >= 0.6 is 0 Å². The fourth-order valence-corrected chi connectivity index (χ4v) is 0.949. The lowest BCUT2D eigenvalue weighted by molar-refractivity contribution is 0.524. The quantitative estimate of drug-likeness (QED) is 0.661. The molecule has 2 aromatic rings. The molecule has 2 heterocycles. The van der Waals surface area contributed by atoms with Crippen LogP contribution in [0.3, 0.4) is 0 Å². The number of hydrogen-bond donors (Lipinski definition) is 0. The van der Waals surface area contributed by atoms with Gasteiger partial charge in [0.2, 0.25) is 5.95 Å². The molecule has 2 rings (SSSR count). The Morgan fingerprint density at radius 2 is 2.07 bits per heavy atom. The molecular formula is C8H4FN5. The third kappa shape index (κ3) is 1.21. The monoisotopic (exact) mass is 189 g/mol. The van der Waals surface area contributed by atoms with E-state index in [-0.39, 0.29) is 11.5 Å². The van der Waals surface area contributed by atoms with E-state index >= 15 is 0 Å². The molecule has 0 bridgehead atoms. The zero-order chi connectivity index (χ0) is 9.97. The van der Waals surface area contributed by atoms with Crippen LogP contribution < -0.4 is 0 Å². The predicted octanol–water partition coefficient (Wildman–Crippen LogP) is 0.673. The average Bonchev–Trinajstić information content (AvgIpc) is 2.61. The Morgan fingerprint density at radius 1 is 1.36 bits per heavy atom. The molecule has 0 N–H and O–H groups in total. The van der Waals surface area contributed by atoms with E-state index in [2.05, 4.69) is 15.1 Å². The molecule has 0 atom stereocenters. The molecule has 2 aromatic heterocycles. The topological polar surface area (TPSA) is 67.4 Å². The summed E-state index contributed by atoms with van der Waals surface area (Å²) in [5.41, 5.74) is -0.127. The molecule has 0 unspecified atom stereocenters. The van der Waals surface area contributed by atoms with Gasteiger partial charge in [-0.1, -0.05) is 0 Å². The maximum atomic E-state index is 13.3. The highest BCUT2D eigenvalue weighted by atomic mass is 19.1. The number of aromatic nitrogens is 4. The fourth-order valence-electron chi connectivity index (χ4n) is 0.949. The van der Waals surface area contributed by atoms with Gasteiger partial charge in [0.15, 0.2) is 0 Å². The van der Waals surface area contributed by atoms with Crippen LogP contribution in [0.2, 0.25) is 0 Å². The van der Waals surface area contributed by atoms with Crippen molar-refractivity contribution in [2.75, 3.05) is 0 Å². The van der Waals surface area contributed by atoms with Crippen molar-refractivity contribution in [3.63, 3.8) is 0 Å². The number of hydrogen-bond acceptors (Lipinski definition) is 4. The normalized spacial score (nSPS) is 9.71. The highest BCUT2D eigenvalue weighted by molar-refractivity contribution is 5.26. The molecule has 0 aromatic carbocycles. The maximum absolute atomic E-state index is 13.3. The number of nitriles is 1. The molecule has 0 saturated carbocycles. The summed E-state index contributed by atoms with van der Waals surface area (Å²) in [5, 5.41) is 12.1. The van der Waals surface area contributed by atoms with Crippen molar-refractivity contribution in [1.82, 2.24) is 19.7 Å². The van der Waals surface area contributed by atoms with Crippen LogP contribution in [0.1, 0.15) is 5.56 Å². The molecule has 0 radical (unpaired) electrons. The van der Waals surface area contributed by atoms with Crippen LogP contribution in [0.15, 0.2) is 24.7 Å². The van der Waals surface area contributed by atoms with Gasteiger partial charge in [0, 0.05) is 12.4 Å². The number of halogens is 1. The highest BCUT2D eigenvalue weighted by Crippen LogP contribution is 2.07. The van der Waals surface area contributed by atoms with Crippen molar-refractivity contribution in [2.24, 2.45) is 0 Å². The minimum atomic E-state index is -0.751. The van der Waals surface area contributed by atoms with Gasteiger partial charge >= 0.3 is 0 Å². The molecule has 6 heteroatoms. The van der Waals surface area contributed by atoms with Crippen LogP contribution in [-0.2, 0) is 0 Å². The van der Waals surface area contributed by atoms with Crippen molar-refractivity contribution >= 4 is 0 Å². The maximum Gasteiger partial charge on any atom is 0.253 e. The molecule has 0 aliphatic heterocycles. The van der Waals surface area contributed by atoms with Crippen molar-refractivity contribution in [3.05, 3.63) is 36.2 Å². The molecule has 0 aliphatic rings. The molecule has 14 heavy (non-hydrogen) atoms. The van der Waals surface area contributed by atoms with Gasteiger partial charge in [0.25, 0.3) is 5.95 Å². The SMILES string of the molecule is N#Cc1cnn(-c2ncccn2)c1F. The average molecular weight is 189 g/mol. The first-order chi connectivity index (χ1) is 6.83. The summed E-state index contributed by atoms with van der Waals surface area (Å²) in [6.07, 6.45) is 4.07. The first kappa shape index (κ1) is 8.31. The lowest BCUT2D eigenvalue weighted by Gasteiger charge is -1.97. The smallest absolute Gasteiger partial charge is 0.220 e. The Hall–Kier alpha value is -2.29. The van der Waals surface area contributed by atoms with Gasteiger partial charge in [0.05, 0.1) is 6.20 Å². The second-order valence-corrected chi connectivity index (χ2v) is 2.42. The Kier molecular flexibility index (Phi) is 1.91. The summed E-state index contributed by atoms with van der Waals surface area (Å²) in [7, 11) is 0. The third-order valence-corrected chi connectivity index (χ3v) is 1.57. The molecule has 0 fully saturated rings. The van der Waals surface area contributed by atoms with E-state index in [4.69, 9.17) is 5.26 Å². The summed E-state index contributed by atoms with van der Waals surface area (Å²) < 4.78 is 14.2. The van der Waals surface area contributed by atoms with Crippen LogP contribution in [0.25, 0.3) is 5.95 Å². The van der Waals surface area contributed by atoms with E-state index in [9.17, 15) is 4.39 Å². The lowest BCUT2D eigenvalue weighted by atomic mass is 10.4. The van der Waals surface area contributed by atoms with Crippen molar-refractivity contribution in [1.29, 1.82) is 5.26 Å². The Balaban J connectivity index is 2.54. The van der Waals surface area contributed by atoms with Gasteiger partial charge in [-0.25, -0.2) is 9.97 Å². The standard InChI is InChI=1S/C8H4FN5/c9-7-6(4-10)5-13-14(7)8-11-2-1-3-12-8/h1-3,5H. The van der Waals surface area contributed by atoms with E-state index < -0.39 is 5.95 Å². The minimum Gasteiger partial charge on any atom is -0.220 e. The second kappa shape index (κ2) is 3.22. The predicted molar refractivity (Wildman–Crippen MR) is 43.8 cm³/mol.